The second-order valence-corrected chi connectivity index (χ2v) is 4.01. The molecule has 0 saturated carbocycles. The highest BCUT2D eigenvalue weighted by molar-refractivity contribution is 5.81. The van der Waals surface area contributed by atoms with Crippen LogP contribution in [0.1, 0.15) is 13.3 Å². The lowest BCUT2D eigenvalue weighted by atomic mass is 9.99. The molecule has 0 aromatic heterocycles. The van der Waals surface area contributed by atoms with Gasteiger partial charge in [0, 0.05) is 6.08 Å². The van der Waals surface area contributed by atoms with Crippen LogP contribution >= 0.6 is 0 Å². The van der Waals surface area contributed by atoms with E-state index in [0.29, 0.717) is 13.0 Å². The number of hydrogen-bond acceptors (Lipinski definition) is 2. The molecule has 0 aliphatic heterocycles. The molecule has 1 atom stereocenters. The summed E-state index contributed by atoms with van der Waals surface area (Å²) in [5.74, 6) is -20.8. The second kappa shape index (κ2) is 5.76. The average molecular weight is 332 g/mol. The maximum atomic E-state index is 13.1. The summed E-state index contributed by atoms with van der Waals surface area (Å²) in [7, 11) is 0. The van der Waals surface area contributed by atoms with Gasteiger partial charge in [-0.05, 0) is 6.92 Å². The summed E-state index contributed by atoms with van der Waals surface area (Å²) in [6.45, 7) is 3.47. The van der Waals surface area contributed by atoms with Gasteiger partial charge >= 0.3 is 29.9 Å². The first kappa shape index (κ1) is 19.6. The lowest BCUT2D eigenvalue weighted by Crippen LogP contribution is -2.61. The molecule has 0 heterocycles. The standard InChI is InChI=1S/C10H9F9O2/c1-3-6(20)21-5(2)4-7(11,12)8(13,14)9(15,16)10(17,18)19/h3,5H,1,4H2,2H3. The SMILES string of the molecule is C=CC(=O)OC(C)CC(F)(F)C(F)(F)C(F)(F)C(F)(F)F. The third-order valence-electron chi connectivity index (χ3n) is 2.24. The maximum Gasteiger partial charge on any atom is 0.460 e. The Labute approximate surface area is 112 Å². The number of alkyl halides is 9. The van der Waals surface area contributed by atoms with Crippen LogP contribution in [-0.2, 0) is 9.53 Å². The third-order valence-corrected chi connectivity index (χ3v) is 2.24. The molecule has 2 nitrogen and oxygen atoms in total. The Morgan fingerprint density at radius 1 is 1.05 bits per heavy atom. The number of hydrogen-bond donors (Lipinski definition) is 0. The molecule has 0 saturated heterocycles. The van der Waals surface area contributed by atoms with E-state index in [0.717, 1.165) is 0 Å². The molecule has 11 heteroatoms. The van der Waals surface area contributed by atoms with E-state index < -0.39 is 42.4 Å². The molecule has 0 rings (SSSR count). The van der Waals surface area contributed by atoms with Crippen LogP contribution in [0.4, 0.5) is 39.5 Å². The van der Waals surface area contributed by atoms with Crippen molar-refractivity contribution in [3.8, 4) is 0 Å². The van der Waals surface area contributed by atoms with Crippen LogP contribution in [0, 0.1) is 0 Å². The molecular weight excluding hydrogens is 323 g/mol. The highest BCUT2D eigenvalue weighted by Gasteiger charge is 2.81. The summed E-state index contributed by atoms with van der Waals surface area (Å²) < 4.78 is 116. The minimum atomic E-state index is -6.95. The van der Waals surface area contributed by atoms with Crippen LogP contribution in [0.3, 0.4) is 0 Å². The van der Waals surface area contributed by atoms with Crippen molar-refractivity contribution in [3.63, 3.8) is 0 Å². The number of carbonyl (C=O) groups is 1. The van der Waals surface area contributed by atoms with Gasteiger partial charge < -0.3 is 4.74 Å². The van der Waals surface area contributed by atoms with E-state index in [-0.39, 0.29) is 0 Å². The lowest BCUT2D eigenvalue weighted by molar-refractivity contribution is -0.398. The molecule has 124 valence electrons. The predicted octanol–water partition coefficient (Wildman–Crippen LogP) is 3.96. The molecule has 0 aromatic carbocycles. The van der Waals surface area contributed by atoms with Crippen molar-refractivity contribution in [3.05, 3.63) is 12.7 Å². The van der Waals surface area contributed by atoms with Crippen LogP contribution < -0.4 is 0 Å². The molecule has 0 aliphatic rings. The molecular formula is C10H9F9O2. The van der Waals surface area contributed by atoms with Gasteiger partial charge in [0.15, 0.2) is 0 Å². The Morgan fingerprint density at radius 2 is 1.48 bits per heavy atom. The predicted molar refractivity (Wildman–Crippen MR) is 51.3 cm³/mol. The van der Waals surface area contributed by atoms with E-state index in [2.05, 4.69) is 11.3 Å². The molecule has 0 N–H and O–H groups in total. The van der Waals surface area contributed by atoms with Crippen molar-refractivity contribution in [1.29, 1.82) is 0 Å². The topological polar surface area (TPSA) is 26.3 Å². The summed E-state index contributed by atoms with van der Waals surface area (Å²) in [5.41, 5.74) is 0. The summed E-state index contributed by atoms with van der Waals surface area (Å²) >= 11 is 0. The van der Waals surface area contributed by atoms with Crippen molar-refractivity contribution in [2.75, 3.05) is 0 Å². The maximum absolute atomic E-state index is 13.1. The Morgan fingerprint density at radius 3 is 1.81 bits per heavy atom. The first-order valence-corrected chi connectivity index (χ1v) is 5.13. The number of halogens is 9. The van der Waals surface area contributed by atoms with Gasteiger partial charge in [0.1, 0.15) is 6.10 Å². The molecule has 21 heavy (non-hydrogen) atoms. The molecule has 0 amide bonds. The molecule has 0 aromatic rings. The van der Waals surface area contributed by atoms with Crippen LogP contribution in [0.15, 0.2) is 12.7 Å². The molecule has 0 fully saturated rings. The second-order valence-electron chi connectivity index (χ2n) is 4.01. The summed E-state index contributed by atoms with van der Waals surface area (Å²) in [4.78, 5) is 10.6. The summed E-state index contributed by atoms with van der Waals surface area (Å²) in [6.07, 6.45) is -10.7. The van der Waals surface area contributed by atoms with Gasteiger partial charge in [0.25, 0.3) is 0 Å². The number of carbonyl (C=O) groups excluding carboxylic acids is 1. The fraction of sp³-hybridized carbons (Fsp3) is 0.700. The molecule has 1 unspecified atom stereocenters. The van der Waals surface area contributed by atoms with E-state index in [9.17, 15) is 44.3 Å². The normalized spacial score (nSPS) is 15.5. The van der Waals surface area contributed by atoms with E-state index in [1.807, 2.05) is 0 Å². The first-order valence-electron chi connectivity index (χ1n) is 5.13. The number of esters is 1. The molecule has 0 bridgehead atoms. The zero-order chi connectivity index (χ0) is 17.3. The van der Waals surface area contributed by atoms with Gasteiger partial charge in [-0.1, -0.05) is 6.58 Å². The van der Waals surface area contributed by atoms with Gasteiger partial charge in [-0.15, -0.1) is 0 Å². The zero-order valence-electron chi connectivity index (χ0n) is 10.3. The van der Waals surface area contributed by atoms with Crippen LogP contribution in [0.5, 0.6) is 0 Å². The number of ether oxygens (including phenoxy) is 1. The molecule has 0 aliphatic carbocycles. The highest BCUT2D eigenvalue weighted by atomic mass is 19.4. The van der Waals surface area contributed by atoms with E-state index in [4.69, 9.17) is 0 Å². The minimum absolute atomic E-state index is 0.469. The Kier molecular flexibility index (Phi) is 5.37. The van der Waals surface area contributed by atoms with E-state index in [1.54, 1.807) is 0 Å². The van der Waals surface area contributed by atoms with Gasteiger partial charge in [-0.3, -0.25) is 0 Å². The van der Waals surface area contributed by atoms with Crippen molar-refractivity contribution >= 4 is 5.97 Å². The fourth-order valence-electron chi connectivity index (χ4n) is 1.18. The van der Waals surface area contributed by atoms with Crippen LogP contribution in [0.25, 0.3) is 0 Å². The Hall–Kier alpha value is -1.42. The van der Waals surface area contributed by atoms with Crippen LogP contribution in [-0.4, -0.2) is 36.0 Å². The fourth-order valence-corrected chi connectivity index (χ4v) is 1.18. The van der Waals surface area contributed by atoms with Crippen molar-refractivity contribution in [1.82, 2.24) is 0 Å². The summed E-state index contributed by atoms with van der Waals surface area (Å²) in [5, 5.41) is 0. The Balaban J connectivity index is 5.30. The molecule has 0 spiro atoms. The van der Waals surface area contributed by atoms with Crippen molar-refractivity contribution in [2.24, 2.45) is 0 Å². The minimum Gasteiger partial charge on any atom is -0.459 e. The van der Waals surface area contributed by atoms with Gasteiger partial charge in [0.05, 0.1) is 6.42 Å². The average Bonchev–Trinajstić information content (AvgIpc) is 2.25. The highest BCUT2D eigenvalue weighted by Crippen LogP contribution is 2.54. The van der Waals surface area contributed by atoms with Gasteiger partial charge in [0.2, 0.25) is 0 Å². The smallest absolute Gasteiger partial charge is 0.459 e. The quantitative estimate of drug-likeness (QED) is 0.418. The van der Waals surface area contributed by atoms with Crippen molar-refractivity contribution < 1.29 is 49.0 Å². The van der Waals surface area contributed by atoms with E-state index >= 15 is 0 Å². The van der Waals surface area contributed by atoms with E-state index in [1.165, 1.54) is 0 Å². The third kappa shape index (κ3) is 3.82. The lowest BCUT2D eigenvalue weighted by Gasteiger charge is -2.34. The Bertz CT molecular complexity index is 400. The number of rotatable bonds is 6. The van der Waals surface area contributed by atoms with Gasteiger partial charge in [-0.25, -0.2) is 4.79 Å². The van der Waals surface area contributed by atoms with Crippen molar-refractivity contribution in [2.45, 2.75) is 43.4 Å². The monoisotopic (exact) mass is 332 g/mol. The zero-order valence-corrected chi connectivity index (χ0v) is 10.3. The summed E-state index contributed by atoms with van der Waals surface area (Å²) in [6, 6.07) is 0. The largest absolute Gasteiger partial charge is 0.460 e. The van der Waals surface area contributed by atoms with Crippen LogP contribution in [0.2, 0.25) is 0 Å². The first-order chi connectivity index (χ1) is 9.10. The molecule has 0 radical (unpaired) electrons. The van der Waals surface area contributed by atoms with Gasteiger partial charge in [-0.2, -0.15) is 39.5 Å².